The summed E-state index contributed by atoms with van der Waals surface area (Å²) in [5.41, 5.74) is 5.22. The number of carbonyl (C=O) groups excluding carboxylic acids is 1. The van der Waals surface area contributed by atoms with Crippen molar-refractivity contribution in [3.8, 4) is 5.69 Å². The second-order valence-corrected chi connectivity index (χ2v) is 8.21. The molecule has 0 atom stereocenters. The van der Waals surface area contributed by atoms with Gasteiger partial charge in [0.2, 0.25) is 0 Å². The minimum atomic E-state index is -0.0661. The van der Waals surface area contributed by atoms with E-state index in [1.165, 1.54) is 11.8 Å². The molecule has 2 heterocycles. The third kappa shape index (κ3) is 3.27. The molecule has 134 valence electrons. The number of carbonyl (C=O) groups is 1. The molecule has 0 bridgehead atoms. The number of aromatic nitrogens is 1. The number of halogens is 1. The fourth-order valence-corrected chi connectivity index (χ4v) is 4.51. The third-order valence-corrected chi connectivity index (χ3v) is 6.21. The average molecular weight is 403 g/mol. The zero-order valence-electron chi connectivity index (χ0n) is 14.9. The fraction of sp³-hybridized carbons (Fsp3) is 0.200. The minimum Gasteiger partial charge on any atom is -0.318 e. The van der Waals surface area contributed by atoms with Crippen LogP contribution in [0.5, 0.6) is 0 Å². The molecule has 1 saturated heterocycles. The van der Waals surface area contributed by atoms with Gasteiger partial charge in [-0.05, 0) is 56.2 Å². The molecule has 1 amide bonds. The van der Waals surface area contributed by atoms with Crippen molar-refractivity contribution in [3.05, 3.63) is 69.4 Å². The highest BCUT2D eigenvalue weighted by Crippen LogP contribution is 2.34. The second-order valence-electron chi connectivity index (χ2n) is 6.13. The standard InChI is InChI=1S/C20H19ClN2OS2/c1-5-9-22-19(24)18(26-20(22)25)11-15-10-12(2)23(14(15)4)17-8-6-7-16(21)13(17)3/h5-8,10-11H,1,9H2,2-4H3. The first-order valence-electron chi connectivity index (χ1n) is 8.15. The summed E-state index contributed by atoms with van der Waals surface area (Å²) in [7, 11) is 0. The zero-order chi connectivity index (χ0) is 19.0. The van der Waals surface area contributed by atoms with E-state index in [0.717, 1.165) is 33.2 Å². The molecule has 0 spiro atoms. The van der Waals surface area contributed by atoms with Gasteiger partial charge in [-0.25, -0.2) is 0 Å². The van der Waals surface area contributed by atoms with Crippen LogP contribution < -0.4 is 0 Å². The quantitative estimate of drug-likeness (QED) is 0.386. The maximum absolute atomic E-state index is 12.6. The lowest BCUT2D eigenvalue weighted by Gasteiger charge is -2.13. The van der Waals surface area contributed by atoms with E-state index in [4.69, 9.17) is 23.8 Å². The van der Waals surface area contributed by atoms with Gasteiger partial charge in [-0.1, -0.05) is 47.7 Å². The van der Waals surface area contributed by atoms with E-state index in [-0.39, 0.29) is 5.91 Å². The number of amides is 1. The molecular weight excluding hydrogens is 384 g/mol. The second kappa shape index (κ2) is 7.43. The van der Waals surface area contributed by atoms with Crippen LogP contribution in [-0.2, 0) is 4.79 Å². The Hall–Kier alpha value is -1.82. The molecule has 0 aliphatic carbocycles. The molecule has 1 aliphatic heterocycles. The van der Waals surface area contributed by atoms with Gasteiger partial charge in [-0.3, -0.25) is 9.69 Å². The largest absolute Gasteiger partial charge is 0.318 e. The van der Waals surface area contributed by atoms with Gasteiger partial charge in [-0.2, -0.15) is 0 Å². The Morgan fingerprint density at radius 3 is 2.73 bits per heavy atom. The first-order chi connectivity index (χ1) is 12.3. The number of benzene rings is 1. The molecule has 1 fully saturated rings. The SMILES string of the molecule is C=CCN1C(=O)C(=Cc2cc(C)n(-c3cccc(Cl)c3C)c2C)SC1=S. The molecule has 1 aliphatic rings. The molecule has 6 heteroatoms. The Morgan fingerprint density at radius 2 is 2.04 bits per heavy atom. The van der Waals surface area contributed by atoms with E-state index >= 15 is 0 Å². The van der Waals surface area contributed by atoms with Crippen LogP contribution in [0.1, 0.15) is 22.5 Å². The van der Waals surface area contributed by atoms with Crippen LogP contribution in [0.4, 0.5) is 0 Å². The lowest BCUT2D eigenvalue weighted by Crippen LogP contribution is -2.27. The molecule has 1 aromatic heterocycles. The summed E-state index contributed by atoms with van der Waals surface area (Å²) in [6.45, 7) is 10.2. The zero-order valence-corrected chi connectivity index (χ0v) is 17.3. The van der Waals surface area contributed by atoms with Gasteiger partial charge in [0.1, 0.15) is 4.32 Å². The highest BCUT2D eigenvalue weighted by molar-refractivity contribution is 8.26. The summed E-state index contributed by atoms with van der Waals surface area (Å²) >= 11 is 12.9. The van der Waals surface area contributed by atoms with Gasteiger partial charge in [0.25, 0.3) is 5.91 Å². The van der Waals surface area contributed by atoms with Crippen LogP contribution in [0.2, 0.25) is 5.02 Å². The summed E-state index contributed by atoms with van der Waals surface area (Å²) in [6, 6.07) is 7.97. The van der Waals surface area contributed by atoms with Crippen molar-refractivity contribution in [3.63, 3.8) is 0 Å². The first kappa shape index (κ1) is 19.0. The molecule has 0 unspecified atom stereocenters. The molecule has 0 saturated carbocycles. The van der Waals surface area contributed by atoms with Crippen molar-refractivity contribution in [1.82, 2.24) is 9.47 Å². The average Bonchev–Trinajstić information content (AvgIpc) is 3.01. The number of thiocarbonyl (C=S) groups is 1. The molecule has 0 N–H and O–H groups in total. The molecule has 26 heavy (non-hydrogen) atoms. The fourth-order valence-electron chi connectivity index (χ4n) is 3.07. The van der Waals surface area contributed by atoms with Gasteiger partial charge in [-0.15, -0.1) is 6.58 Å². The van der Waals surface area contributed by atoms with E-state index in [2.05, 4.69) is 23.3 Å². The minimum absolute atomic E-state index is 0.0661. The molecule has 1 aromatic carbocycles. The summed E-state index contributed by atoms with van der Waals surface area (Å²) in [6.07, 6.45) is 3.60. The lowest BCUT2D eigenvalue weighted by atomic mass is 10.2. The van der Waals surface area contributed by atoms with Gasteiger partial charge < -0.3 is 4.57 Å². The van der Waals surface area contributed by atoms with Crippen LogP contribution >= 0.6 is 35.6 Å². The Bertz CT molecular complexity index is 959. The van der Waals surface area contributed by atoms with Crippen molar-refractivity contribution in [2.24, 2.45) is 0 Å². The third-order valence-electron chi connectivity index (χ3n) is 4.42. The topological polar surface area (TPSA) is 25.2 Å². The van der Waals surface area contributed by atoms with Gasteiger partial charge in [0.05, 0.1) is 4.91 Å². The molecule has 3 rings (SSSR count). The van der Waals surface area contributed by atoms with Gasteiger partial charge >= 0.3 is 0 Å². The van der Waals surface area contributed by atoms with Crippen LogP contribution in [0, 0.1) is 20.8 Å². The predicted octanol–water partition coefficient (Wildman–Crippen LogP) is 5.44. The first-order valence-corrected chi connectivity index (χ1v) is 9.76. The number of hydrogen-bond donors (Lipinski definition) is 0. The molecular formula is C20H19ClN2OS2. The van der Waals surface area contributed by atoms with Crippen molar-refractivity contribution in [2.75, 3.05) is 6.54 Å². The van der Waals surface area contributed by atoms with Gasteiger partial charge in [0.15, 0.2) is 0 Å². The number of rotatable bonds is 4. The van der Waals surface area contributed by atoms with Crippen LogP contribution in [0.25, 0.3) is 11.8 Å². The lowest BCUT2D eigenvalue weighted by molar-refractivity contribution is -0.121. The summed E-state index contributed by atoms with van der Waals surface area (Å²) in [4.78, 5) is 14.8. The Kier molecular flexibility index (Phi) is 5.42. The maximum atomic E-state index is 12.6. The number of aryl methyl sites for hydroxylation is 1. The van der Waals surface area contributed by atoms with E-state index in [1.807, 2.05) is 39.0 Å². The van der Waals surface area contributed by atoms with E-state index < -0.39 is 0 Å². The number of hydrogen-bond acceptors (Lipinski definition) is 3. The van der Waals surface area contributed by atoms with Crippen LogP contribution in [-0.4, -0.2) is 26.2 Å². The van der Waals surface area contributed by atoms with E-state index in [0.29, 0.717) is 15.8 Å². The Balaban J connectivity index is 2.04. The molecule has 3 nitrogen and oxygen atoms in total. The van der Waals surface area contributed by atoms with Crippen molar-refractivity contribution in [2.45, 2.75) is 20.8 Å². The highest BCUT2D eigenvalue weighted by atomic mass is 35.5. The summed E-state index contributed by atoms with van der Waals surface area (Å²) in [5.74, 6) is -0.0661. The molecule has 0 radical (unpaired) electrons. The number of thioether (sulfide) groups is 1. The normalized spacial score (nSPS) is 16.0. The Labute approximate surface area is 168 Å². The highest BCUT2D eigenvalue weighted by Gasteiger charge is 2.31. The van der Waals surface area contributed by atoms with Crippen LogP contribution in [0.15, 0.2) is 41.8 Å². The monoisotopic (exact) mass is 402 g/mol. The van der Waals surface area contributed by atoms with E-state index in [9.17, 15) is 4.79 Å². The summed E-state index contributed by atoms with van der Waals surface area (Å²) in [5, 5.41) is 0.738. The Morgan fingerprint density at radius 1 is 1.31 bits per heavy atom. The predicted molar refractivity (Wildman–Crippen MR) is 115 cm³/mol. The molecule has 2 aromatic rings. The smallest absolute Gasteiger partial charge is 0.266 e. The van der Waals surface area contributed by atoms with Gasteiger partial charge in [0, 0.05) is 28.6 Å². The van der Waals surface area contributed by atoms with Crippen molar-refractivity contribution in [1.29, 1.82) is 0 Å². The van der Waals surface area contributed by atoms with Crippen molar-refractivity contribution < 1.29 is 4.79 Å². The van der Waals surface area contributed by atoms with Crippen LogP contribution in [0.3, 0.4) is 0 Å². The number of nitrogens with zero attached hydrogens (tertiary/aromatic N) is 2. The maximum Gasteiger partial charge on any atom is 0.266 e. The van der Waals surface area contributed by atoms with E-state index in [1.54, 1.807) is 11.0 Å². The van der Waals surface area contributed by atoms with Crippen molar-refractivity contribution >= 4 is 51.9 Å². The summed E-state index contributed by atoms with van der Waals surface area (Å²) < 4.78 is 2.73.